The van der Waals surface area contributed by atoms with Crippen LogP contribution in [0.4, 0.5) is 17.3 Å². The summed E-state index contributed by atoms with van der Waals surface area (Å²) in [6.45, 7) is 6.16. The van der Waals surface area contributed by atoms with Gasteiger partial charge in [0.1, 0.15) is 0 Å². The number of piperidine rings is 1. The number of amides is 2. The van der Waals surface area contributed by atoms with E-state index in [4.69, 9.17) is 5.11 Å². The third-order valence-electron chi connectivity index (χ3n) is 8.20. The van der Waals surface area contributed by atoms with Gasteiger partial charge in [0, 0.05) is 53.8 Å². The number of allylic oxidation sites excluding steroid dienone is 4. The summed E-state index contributed by atoms with van der Waals surface area (Å²) in [4.78, 5) is 48.9. The van der Waals surface area contributed by atoms with Gasteiger partial charge < -0.3 is 15.3 Å². The van der Waals surface area contributed by atoms with Crippen molar-refractivity contribution < 1.29 is 19.5 Å². The molecule has 2 heterocycles. The zero-order valence-corrected chi connectivity index (χ0v) is 26.5. The summed E-state index contributed by atoms with van der Waals surface area (Å²) in [6, 6.07) is 12.8. The van der Waals surface area contributed by atoms with Crippen LogP contribution in [-0.4, -0.2) is 51.7 Å². The van der Waals surface area contributed by atoms with Gasteiger partial charge in [0.25, 0.3) is 11.8 Å². The first-order chi connectivity index (χ1) is 21.8. The highest BCUT2D eigenvalue weighted by molar-refractivity contribution is 7.98. The third-order valence-corrected chi connectivity index (χ3v) is 9.23. The lowest BCUT2D eigenvalue weighted by Gasteiger charge is -2.29. The van der Waals surface area contributed by atoms with Gasteiger partial charge in [-0.05, 0) is 80.0 Å². The molecular weight excluding hydrogens is 586 g/mol. The predicted octanol–water partition coefficient (Wildman–Crippen LogP) is 7.05. The second-order valence-electron chi connectivity index (χ2n) is 11.6. The minimum atomic E-state index is -0.829. The highest BCUT2D eigenvalue weighted by Crippen LogP contribution is 2.29. The normalized spacial score (nSPS) is 16.4. The number of hydrogen-bond acceptors (Lipinski definition) is 7. The van der Waals surface area contributed by atoms with Crippen LogP contribution in [0.1, 0.15) is 77.8 Å². The smallest absolute Gasteiger partial charge is 0.304 e. The van der Waals surface area contributed by atoms with Crippen LogP contribution < -0.4 is 15.5 Å². The molecule has 10 heteroatoms. The highest BCUT2D eigenvalue weighted by Gasteiger charge is 2.20. The largest absolute Gasteiger partial charge is 0.481 e. The number of anilines is 3. The van der Waals surface area contributed by atoms with Crippen LogP contribution in [0.3, 0.4) is 0 Å². The molecule has 2 aliphatic rings. The third kappa shape index (κ3) is 8.60. The Morgan fingerprint density at radius 1 is 1.00 bits per heavy atom. The number of benzene rings is 2. The summed E-state index contributed by atoms with van der Waals surface area (Å²) < 4.78 is 0. The van der Waals surface area contributed by atoms with Crippen LogP contribution in [0, 0.1) is 5.92 Å². The summed E-state index contributed by atoms with van der Waals surface area (Å²) in [6.07, 6.45) is 12.2. The molecule has 1 aromatic heterocycles. The van der Waals surface area contributed by atoms with Crippen molar-refractivity contribution in [3.8, 4) is 0 Å². The second-order valence-corrected chi connectivity index (χ2v) is 12.7. The van der Waals surface area contributed by atoms with E-state index in [-0.39, 0.29) is 18.3 Å². The SMILES string of the molecule is CC1=CC(c2cnc(NC(=O)c3cc(N4CCCCC4)ccc3NC(=O)c3cccc(CSCCC(=O)O)c3)nc2)=CCC1C. The zero-order valence-electron chi connectivity index (χ0n) is 25.7. The Hall–Kier alpha value is -4.44. The van der Waals surface area contributed by atoms with Gasteiger partial charge in [-0.25, -0.2) is 9.97 Å². The van der Waals surface area contributed by atoms with Crippen molar-refractivity contribution in [2.45, 2.75) is 51.7 Å². The summed E-state index contributed by atoms with van der Waals surface area (Å²) in [5.41, 5.74) is 6.28. The van der Waals surface area contributed by atoms with E-state index in [1.165, 1.54) is 23.8 Å². The zero-order chi connectivity index (χ0) is 31.8. The lowest BCUT2D eigenvalue weighted by molar-refractivity contribution is -0.136. The van der Waals surface area contributed by atoms with Crippen molar-refractivity contribution >= 4 is 52.4 Å². The molecule has 1 unspecified atom stereocenters. The maximum absolute atomic E-state index is 13.7. The molecule has 1 aliphatic heterocycles. The van der Waals surface area contributed by atoms with Gasteiger partial charge in [-0.1, -0.05) is 36.8 Å². The average Bonchev–Trinajstić information content (AvgIpc) is 3.05. The maximum atomic E-state index is 13.7. The van der Waals surface area contributed by atoms with E-state index >= 15 is 0 Å². The highest BCUT2D eigenvalue weighted by atomic mass is 32.2. The number of carbonyl (C=O) groups excluding carboxylic acids is 2. The summed E-state index contributed by atoms with van der Waals surface area (Å²) in [5.74, 6) is 0.203. The molecule has 0 saturated carbocycles. The number of nitrogens with one attached hydrogen (secondary N) is 2. The molecular formula is C35H39N5O4S. The van der Waals surface area contributed by atoms with Gasteiger partial charge in [0.05, 0.1) is 17.7 Å². The Morgan fingerprint density at radius 2 is 1.78 bits per heavy atom. The van der Waals surface area contributed by atoms with Crippen molar-refractivity contribution in [1.82, 2.24) is 9.97 Å². The van der Waals surface area contributed by atoms with Crippen molar-refractivity contribution in [2.24, 2.45) is 5.92 Å². The monoisotopic (exact) mass is 625 g/mol. The molecule has 0 radical (unpaired) electrons. The molecule has 1 atom stereocenters. The van der Waals surface area contributed by atoms with Crippen LogP contribution in [0.25, 0.3) is 5.57 Å². The minimum Gasteiger partial charge on any atom is -0.481 e. The molecule has 1 aliphatic carbocycles. The number of carboxylic acid groups (broad SMARTS) is 1. The number of aromatic nitrogens is 2. The number of rotatable bonds is 11. The topological polar surface area (TPSA) is 125 Å². The fourth-order valence-electron chi connectivity index (χ4n) is 5.37. The lowest BCUT2D eigenvalue weighted by atomic mass is 9.89. The second kappa shape index (κ2) is 15.0. The van der Waals surface area contributed by atoms with E-state index in [0.717, 1.165) is 54.7 Å². The summed E-state index contributed by atoms with van der Waals surface area (Å²) in [5, 5.41) is 14.6. The molecule has 0 spiro atoms. The van der Waals surface area contributed by atoms with Gasteiger partial charge in [-0.3, -0.25) is 19.7 Å². The molecule has 2 amide bonds. The van der Waals surface area contributed by atoms with E-state index in [9.17, 15) is 14.4 Å². The van der Waals surface area contributed by atoms with E-state index < -0.39 is 11.9 Å². The molecule has 3 aromatic rings. The van der Waals surface area contributed by atoms with Crippen molar-refractivity contribution in [3.63, 3.8) is 0 Å². The Balaban J connectivity index is 1.33. The van der Waals surface area contributed by atoms with Gasteiger partial charge in [0.2, 0.25) is 5.95 Å². The van der Waals surface area contributed by atoms with Crippen LogP contribution in [-0.2, 0) is 10.5 Å². The Labute approximate surface area is 268 Å². The molecule has 234 valence electrons. The van der Waals surface area contributed by atoms with E-state index in [1.54, 1.807) is 36.7 Å². The number of hydrogen-bond donors (Lipinski definition) is 3. The van der Waals surface area contributed by atoms with Gasteiger partial charge in [0.15, 0.2) is 0 Å². The fraction of sp³-hybridized carbons (Fsp3) is 0.343. The Morgan fingerprint density at radius 3 is 2.51 bits per heavy atom. The molecule has 0 bridgehead atoms. The number of thioether (sulfide) groups is 1. The first-order valence-corrected chi connectivity index (χ1v) is 16.5. The van der Waals surface area contributed by atoms with Gasteiger partial charge >= 0.3 is 5.97 Å². The molecule has 2 aromatic carbocycles. The maximum Gasteiger partial charge on any atom is 0.304 e. The standard InChI is InChI=1S/C35H39N5O4S/c1-23-9-10-26(17-24(23)2)28-20-36-35(37-21-28)39-34(44)30-19-29(40-14-4-3-5-15-40)11-12-31(30)38-33(43)27-8-6-7-25(18-27)22-45-16-13-32(41)42/h6-8,10-12,17-21,23H,3-5,9,13-16,22H2,1-2H3,(H,38,43)(H,41,42)(H,36,37,39,44). The minimum absolute atomic E-state index is 0.0900. The van der Waals surface area contributed by atoms with Crippen LogP contribution >= 0.6 is 11.8 Å². The first kappa shape index (κ1) is 32.0. The average molecular weight is 626 g/mol. The lowest BCUT2D eigenvalue weighted by Crippen LogP contribution is -2.29. The molecule has 1 fully saturated rings. The van der Waals surface area contributed by atoms with Crippen molar-refractivity contribution in [3.05, 3.63) is 94.8 Å². The van der Waals surface area contributed by atoms with Gasteiger partial charge in [-0.15, -0.1) is 0 Å². The summed E-state index contributed by atoms with van der Waals surface area (Å²) >= 11 is 1.50. The Kier molecular flexibility index (Phi) is 10.7. The van der Waals surface area contributed by atoms with Crippen LogP contribution in [0.15, 0.2) is 72.6 Å². The molecule has 9 nitrogen and oxygen atoms in total. The number of nitrogens with zero attached hydrogens (tertiary/aromatic N) is 3. The number of carboxylic acids is 1. The van der Waals surface area contributed by atoms with Crippen molar-refractivity contribution in [1.29, 1.82) is 0 Å². The molecule has 45 heavy (non-hydrogen) atoms. The number of aliphatic carboxylic acids is 1. The predicted molar refractivity (Wildman–Crippen MR) is 181 cm³/mol. The van der Waals surface area contributed by atoms with E-state index in [2.05, 4.69) is 51.5 Å². The fourth-order valence-corrected chi connectivity index (χ4v) is 6.25. The first-order valence-electron chi connectivity index (χ1n) is 15.4. The van der Waals surface area contributed by atoms with Crippen molar-refractivity contribution in [2.75, 3.05) is 34.4 Å². The number of carbonyl (C=O) groups is 3. The quantitative estimate of drug-likeness (QED) is 0.194. The molecule has 3 N–H and O–H groups in total. The summed E-state index contributed by atoms with van der Waals surface area (Å²) in [7, 11) is 0. The Bertz CT molecular complexity index is 1610. The molecule has 1 saturated heterocycles. The van der Waals surface area contributed by atoms with Crippen LogP contribution in [0.2, 0.25) is 0 Å². The van der Waals surface area contributed by atoms with Gasteiger partial charge in [-0.2, -0.15) is 11.8 Å². The van der Waals surface area contributed by atoms with Crippen LogP contribution in [0.5, 0.6) is 0 Å². The van der Waals surface area contributed by atoms with E-state index in [1.807, 2.05) is 18.2 Å². The van der Waals surface area contributed by atoms with E-state index in [0.29, 0.717) is 34.2 Å². The molecule has 5 rings (SSSR count).